The van der Waals surface area contributed by atoms with Crippen LogP contribution in [0.4, 0.5) is 5.82 Å². The zero-order valence-electron chi connectivity index (χ0n) is 14.3. The lowest BCUT2D eigenvalue weighted by molar-refractivity contribution is 0.0669. The summed E-state index contributed by atoms with van der Waals surface area (Å²) in [6.07, 6.45) is 11.1. The first-order valence-corrected chi connectivity index (χ1v) is 8.87. The van der Waals surface area contributed by atoms with Gasteiger partial charge in [-0.3, -0.25) is 4.79 Å². The molecule has 0 atom stereocenters. The molecule has 4 heterocycles. The molecule has 2 fully saturated rings. The van der Waals surface area contributed by atoms with Gasteiger partial charge in [0.15, 0.2) is 0 Å². The summed E-state index contributed by atoms with van der Waals surface area (Å²) in [5.41, 5.74) is 1.29. The van der Waals surface area contributed by atoms with Gasteiger partial charge in [0.05, 0.1) is 16.5 Å². The molecule has 2 aliphatic rings. The number of aromatic amines is 1. The largest absolute Gasteiger partial charge is 0.354 e. The van der Waals surface area contributed by atoms with Crippen LogP contribution in [0.25, 0.3) is 11.0 Å². The van der Waals surface area contributed by atoms with Gasteiger partial charge in [0, 0.05) is 38.2 Å². The summed E-state index contributed by atoms with van der Waals surface area (Å²) in [4.78, 5) is 37.3. The number of aromatic nitrogens is 5. The van der Waals surface area contributed by atoms with E-state index >= 15 is 0 Å². The van der Waals surface area contributed by atoms with Gasteiger partial charge in [0.25, 0.3) is 5.91 Å². The van der Waals surface area contributed by atoms with Gasteiger partial charge in [-0.2, -0.15) is 0 Å². The van der Waals surface area contributed by atoms with E-state index in [4.69, 9.17) is 0 Å². The minimum absolute atomic E-state index is 0.0272. The van der Waals surface area contributed by atoms with Crippen molar-refractivity contribution in [3.63, 3.8) is 0 Å². The summed E-state index contributed by atoms with van der Waals surface area (Å²) in [6.45, 7) is 2.41. The average molecular weight is 349 g/mol. The number of rotatable bonds is 2. The van der Waals surface area contributed by atoms with E-state index in [0.717, 1.165) is 55.7 Å². The molecule has 0 bridgehead atoms. The van der Waals surface area contributed by atoms with Crippen LogP contribution in [0, 0.1) is 0 Å². The van der Waals surface area contributed by atoms with Gasteiger partial charge in [0.1, 0.15) is 24.1 Å². The van der Waals surface area contributed by atoms with E-state index in [2.05, 4.69) is 29.8 Å². The fourth-order valence-electron chi connectivity index (χ4n) is 3.92. The van der Waals surface area contributed by atoms with Gasteiger partial charge in [-0.05, 0) is 25.3 Å². The fourth-order valence-corrected chi connectivity index (χ4v) is 3.92. The number of fused-ring (bicyclic) bond motifs is 1. The maximum absolute atomic E-state index is 13.0. The highest BCUT2D eigenvalue weighted by molar-refractivity contribution is 5.94. The summed E-state index contributed by atoms with van der Waals surface area (Å²) >= 11 is 0. The first-order valence-electron chi connectivity index (χ1n) is 8.87. The second kappa shape index (κ2) is 5.76. The molecule has 1 aliphatic carbocycles. The molecule has 3 aromatic rings. The molecular weight excluding hydrogens is 330 g/mol. The van der Waals surface area contributed by atoms with E-state index in [0.29, 0.717) is 5.56 Å². The zero-order chi connectivity index (χ0) is 17.6. The highest BCUT2D eigenvalue weighted by Gasteiger charge is 2.52. The predicted molar refractivity (Wildman–Crippen MR) is 95.8 cm³/mol. The Morgan fingerprint density at radius 2 is 1.96 bits per heavy atom. The van der Waals surface area contributed by atoms with Crippen molar-refractivity contribution in [2.45, 2.75) is 24.8 Å². The quantitative estimate of drug-likeness (QED) is 0.756. The predicted octanol–water partition coefficient (Wildman–Crippen LogP) is 1.63. The Bertz CT molecular complexity index is 950. The third-order valence-electron chi connectivity index (χ3n) is 5.38. The third kappa shape index (κ3) is 2.40. The van der Waals surface area contributed by atoms with Crippen molar-refractivity contribution < 1.29 is 4.79 Å². The van der Waals surface area contributed by atoms with E-state index < -0.39 is 0 Å². The molecule has 5 rings (SSSR count). The molecule has 1 spiro atoms. The third-order valence-corrected chi connectivity index (χ3v) is 5.38. The molecule has 0 unspecified atom stereocenters. The molecule has 1 aliphatic heterocycles. The Morgan fingerprint density at radius 3 is 2.77 bits per heavy atom. The summed E-state index contributed by atoms with van der Waals surface area (Å²) in [7, 11) is 0. The fraction of sp³-hybridized carbons (Fsp3) is 0.389. The van der Waals surface area contributed by atoms with Crippen LogP contribution in [-0.4, -0.2) is 60.9 Å². The molecule has 8 heteroatoms. The first-order chi connectivity index (χ1) is 12.8. The molecule has 0 radical (unpaired) electrons. The van der Waals surface area contributed by atoms with E-state index in [9.17, 15) is 4.79 Å². The number of nitrogens with one attached hydrogen (secondary N) is 1. The number of hydrogen-bond acceptors (Lipinski definition) is 6. The van der Waals surface area contributed by atoms with Crippen molar-refractivity contribution in [2.75, 3.05) is 24.5 Å². The molecule has 26 heavy (non-hydrogen) atoms. The lowest BCUT2D eigenvalue weighted by Gasteiger charge is -2.32. The van der Waals surface area contributed by atoms with Crippen molar-refractivity contribution in [3.8, 4) is 0 Å². The van der Waals surface area contributed by atoms with Gasteiger partial charge in [-0.1, -0.05) is 0 Å². The van der Waals surface area contributed by atoms with Crippen LogP contribution in [0.3, 0.4) is 0 Å². The first kappa shape index (κ1) is 15.2. The monoisotopic (exact) mass is 349 g/mol. The molecule has 1 N–H and O–H groups in total. The maximum atomic E-state index is 13.0. The number of hydrogen-bond donors (Lipinski definition) is 1. The Hall–Kier alpha value is -3.03. The van der Waals surface area contributed by atoms with Crippen LogP contribution >= 0.6 is 0 Å². The lowest BCUT2D eigenvalue weighted by atomic mass is 10.1. The van der Waals surface area contributed by atoms with Gasteiger partial charge in [-0.15, -0.1) is 0 Å². The van der Waals surface area contributed by atoms with Crippen LogP contribution in [-0.2, 0) is 0 Å². The molecule has 1 amide bonds. The number of anilines is 1. The van der Waals surface area contributed by atoms with E-state index in [1.54, 1.807) is 18.7 Å². The summed E-state index contributed by atoms with van der Waals surface area (Å²) in [5.74, 6) is 0.972. The molecule has 8 nitrogen and oxygen atoms in total. The van der Waals surface area contributed by atoms with Crippen LogP contribution in [0.15, 0.2) is 37.3 Å². The lowest BCUT2D eigenvalue weighted by Crippen LogP contribution is -2.46. The summed E-state index contributed by atoms with van der Waals surface area (Å²) in [5, 5.41) is 1.03. The average Bonchev–Trinajstić information content (AvgIpc) is 3.34. The van der Waals surface area contributed by atoms with Crippen molar-refractivity contribution in [3.05, 3.63) is 42.9 Å². The Balaban J connectivity index is 1.46. The molecule has 3 aromatic heterocycles. The summed E-state index contributed by atoms with van der Waals surface area (Å²) in [6, 6.07) is 2.01. The Kier molecular flexibility index (Phi) is 3.37. The van der Waals surface area contributed by atoms with Crippen molar-refractivity contribution in [1.29, 1.82) is 0 Å². The molecule has 1 saturated heterocycles. The number of amides is 1. The summed E-state index contributed by atoms with van der Waals surface area (Å²) < 4.78 is 0. The van der Waals surface area contributed by atoms with Crippen molar-refractivity contribution in [1.82, 2.24) is 29.8 Å². The minimum Gasteiger partial charge on any atom is -0.354 e. The normalized spacial score (nSPS) is 18.9. The van der Waals surface area contributed by atoms with E-state index in [1.165, 1.54) is 6.33 Å². The minimum atomic E-state index is -0.114. The second-order valence-corrected chi connectivity index (χ2v) is 7.02. The van der Waals surface area contributed by atoms with Crippen LogP contribution in [0.1, 0.15) is 29.6 Å². The van der Waals surface area contributed by atoms with E-state index in [1.807, 2.05) is 17.2 Å². The molecule has 0 aromatic carbocycles. The number of carbonyl (C=O) groups excluding carboxylic acids is 1. The molecule has 1 saturated carbocycles. The van der Waals surface area contributed by atoms with Crippen molar-refractivity contribution in [2.24, 2.45) is 0 Å². The molecular formula is C18H19N7O. The number of H-pyrrole nitrogens is 1. The van der Waals surface area contributed by atoms with E-state index in [-0.39, 0.29) is 11.4 Å². The van der Waals surface area contributed by atoms with Crippen molar-refractivity contribution >= 4 is 22.8 Å². The van der Waals surface area contributed by atoms with Crippen LogP contribution in [0.2, 0.25) is 0 Å². The smallest absolute Gasteiger partial charge is 0.257 e. The zero-order valence-corrected chi connectivity index (χ0v) is 14.3. The number of carbonyl (C=O) groups is 1. The number of nitrogens with zero attached hydrogens (tertiary/aromatic N) is 6. The Labute approximate surface area is 150 Å². The topological polar surface area (TPSA) is 90.9 Å². The Morgan fingerprint density at radius 1 is 1.12 bits per heavy atom. The van der Waals surface area contributed by atoms with Gasteiger partial charge in [-0.25, -0.2) is 19.9 Å². The van der Waals surface area contributed by atoms with Gasteiger partial charge < -0.3 is 14.8 Å². The van der Waals surface area contributed by atoms with Gasteiger partial charge in [0.2, 0.25) is 0 Å². The highest BCUT2D eigenvalue weighted by Crippen LogP contribution is 2.45. The molecule has 132 valence electrons. The van der Waals surface area contributed by atoms with Crippen LogP contribution < -0.4 is 4.90 Å². The van der Waals surface area contributed by atoms with Gasteiger partial charge >= 0.3 is 0 Å². The SMILES string of the molecule is O=C(c1cncnc1)N1CCCN(c2ncnc3[nH]ccc23)CC12CC2. The standard InChI is InChI=1S/C18H19N7O/c26-17(13-8-19-11-20-9-13)25-7-1-6-24(10-18(25)3-4-18)16-14-2-5-21-15(14)22-12-23-16/h2,5,8-9,11-12H,1,3-4,6-7,10H2,(H,21,22,23). The highest BCUT2D eigenvalue weighted by atomic mass is 16.2. The second-order valence-electron chi connectivity index (χ2n) is 7.02. The maximum Gasteiger partial charge on any atom is 0.257 e. The van der Waals surface area contributed by atoms with Crippen LogP contribution in [0.5, 0.6) is 0 Å².